The number of halogens is 2. The van der Waals surface area contributed by atoms with E-state index in [4.69, 9.17) is 11.6 Å². The van der Waals surface area contributed by atoms with Gasteiger partial charge in [-0.15, -0.1) is 15.3 Å². The molecule has 4 aromatic rings. The number of aryl methyl sites for hydroxylation is 1. The summed E-state index contributed by atoms with van der Waals surface area (Å²) < 4.78 is 17.6. The van der Waals surface area contributed by atoms with E-state index in [-0.39, 0.29) is 5.28 Å². The number of nitrogens with zero attached hydrogens (tertiary/aromatic N) is 7. The Labute approximate surface area is 165 Å². The average molecular weight is 401 g/mol. The second kappa shape index (κ2) is 7.89. The summed E-state index contributed by atoms with van der Waals surface area (Å²) in [7, 11) is 0. The van der Waals surface area contributed by atoms with Crippen LogP contribution in [0.4, 0.5) is 4.39 Å². The molecule has 0 unspecified atom stereocenters. The number of H-pyrrole nitrogens is 1. The van der Waals surface area contributed by atoms with Gasteiger partial charge in [0.15, 0.2) is 5.95 Å². The van der Waals surface area contributed by atoms with Gasteiger partial charge >= 0.3 is 0 Å². The predicted molar refractivity (Wildman–Crippen MR) is 102 cm³/mol. The molecule has 8 nitrogen and oxygen atoms in total. The monoisotopic (exact) mass is 400 g/mol. The van der Waals surface area contributed by atoms with E-state index in [1.54, 1.807) is 6.07 Å². The molecule has 0 saturated heterocycles. The highest BCUT2D eigenvalue weighted by molar-refractivity contribution is 6.28. The zero-order chi connectivity index (χ0) is 19.5. The summed E-state index contributed by atoms with van der Waals surface area (Å²) in [6.45, 7) is 2.68. The largest absolute Gasteiger partial charge is 0.283 e. The fourth-order valence-corrected chi connectivity index (χ4v) is 3.22. The lowest BCUT2D eigenvalue weighted by Crippen LogP contribution is -2.07. The van der Waals surface area contributed by atoms with Crippen LogP contribution in [0, 0.1) is 5.95 Å². The van der Waals surface area contributed by atoms with Crippen molar-refractivity contribution in [1.29, 1.82) is 0 Å². The van der Waals surface area contributed by atoms with Gasteiger partial charge in [0.25, 0.3) is 0 Å². The van der Waals surface area contributed by atoms with Crippen LogP contribution in [0.25, 0.3) is 17.2 Å². The molecule has 0 bridgehead atoms. The lowest BCUT2D eigenvalue weighted by atomic mass is 10.2. The van der Waals surface area contributed by atoms with Crippen LogP contribution >= 0.6 is 11.6 Å². The van der Waals surface area contributed by atoms with Crippen molar-refractivity contribution in [3.05, 3.63) is 59.0 Å². The van der Waals surface area contributed by atoms with Gasteiger partial charge in [0.2, 0.25) is 11.1 Å². The van der Waals surface area contributed by atoms with Crippen molar-refractivity contribution in [3.63, 3.8) is 0 Å². The highest BCUT2D eigenvalue weighted by Crippen LogP contribution is 2.23. The van der Waals surface area contributed by atoms with Gasteiger partial charge in [-0.1, -0.05) is 25.5 Å². The molecule has 0 radical (unpaired) electrons. The van der Waals surface area contributed by atoms with Crippen LogP contribution in [-0.2, 0) is 13.0 Å². The van der Waals surface area contributed by atoms with Crippen LogP contribution < -0.4 is 0 Å². The van der Waals surface area contributed by atoms with Crippen LogP contribution in [0.3, 0.4) is 0 Å². The predicted octanol–water partition coefficient (Wildman–Crippen LogP) is 3.43. The summed E-state index contributed by atoms with van der Waals surface area (Å²) >= 11 is 5.98. The van der Waals surface area contributed by atoms with Gasteiger partial charge in [-0.3, -0.25) is 4.57 Å². The van der Waals surface area contributed by atoms with Crippen molar-refractivity contribution >= 4 is 11.6 Å². The number of unbranched alkanes of at least 4 members (excludes halogenated alkanes) is 1. The fraction of sp³-hybridized carbons (Fsp3) is 0.278. The summed E-state index contributed by atoms with van der Waals surface area (Å²) in [5.74, 6) is 0.787. The zero-order valence-electron chi connectivity index (χ0n) is 15.2. The maximum atomic E-state index is 14.3. The highest BCUT2D eigenvalue weighted by Gasteiger charge is 2.15. The summed E-state index contributed by atoms with van der Waals surface area (Å²) in [4.78, 5) is 4.30. The third-order valence-electron chi connectivity index (χ3n) is 4.41. The summed E-state index contributed by atoms with van der Waals surface area (Å²) in [6.07, 6.45) is 2.93. The molecule has 0 fully saturated rings. The van der Waals surface area contributed by atoms with Crippen LogP contribution in [-0.4, -0.2) is 40.0 Å². The van der Waals surface area contributed by atoms with Crippen molar-refractivity contribution in [1.82, 2.24) is 40.0 Å². The first-order valence-corrected chi connectivity index (χ1v) is 9.33. The second-order valence-corrected chi connectivity index (χ2v) is 6.67. The van der Waals surface area contributed by atoms with Crippen LogP contribution in [0.2, 0.25) is 5.28 Å². The van der Waals surface area contributed by atoms with Gasteiger partial charge in [0, 0.05) is 12.1 Å². The quantitative estimate of drug-likeness (QED) is 0.513. The van der Waals surface area contributed by atoms with Crippen molar-refractivity contribution < 1.29 is 4.39 Å². The van der Waals surface area contributed by atoms with Crippen molar-refractivity contribution in [3.8, 4) is 17.2 Å². The number of tetrazole rings is 1. The lowest BCUT2D eigenvalue weighted by Gasteiger charge is -2.10. The van der Waals surface area contributed by atoms with E-state index in [9.17, 15) is 4.39 Å². The molecular formula is C18H18ClFN8. The molecule has 4 rings (SSSR count). The van der Waals surface area contributed by atoms with Crippen molar-refractivity contribution in [2.45, 2.75) is 32.7 Å². The second-order valence-electron chi connectivity index (χ2n) is 6.34. The number of rotatable bonds is 7. The Morgan fingerprint density at radius 1 is 1.14 bits per heavy atom. The standard InChI is InChI=1S/C18H18ClFN8/c1-2-3-4-16-21-18(19)24-27(16)11-12-5-7-13(8-6-12)28-14(9-10-15(28)20)17-22-25-26-23-17/h5-10H,2-4,11H2,1H3,(H,22,23,25,26). The minimum atomic E-state index is -0.405. The first kappa shape index (κ1) is 18.3. The SMILES string of the molecule is CCCCc1nc(Cl)nn1Cc1ccc(-n2c(F)ccc2-c2nn[nH]n2)cc1. The molecular weight excluding hydrogens is 383 g/mol. The summed E-state index contributed by atoms with van der Waals surface area (Å²) in [6, 6.07) is 10.5. The van der Waals surface area contributed by atoms with Crippen molar-refractivity contribution in [2.75, 3.05) is 0 Å². The van der Waals surface area contributed by atoms with E-state index in [1.165, 1.54) is 10.6 Å². The number of nitrogens with one attached hydrogen (secondary N) is 1. The lowest BCUT2D eigenvalue weighted by molar-refractivity contribution is 0.561. The van der Waals surface area contributed by atoms with Gasteiger partial charge in [0.05, 0.1) is 12.2 Å². The van der Waals surface area contributed by atoms with E-state index in [0.717, 1.165) is 30.7 Å². The topological polar surface area (TPSA) is 90.1 Å². The van der Waals surface area contributed by atoms with Crippen LogP contribution in [0.15, 0.2) is 36.4 Å². The Kier molecular flexibility index (Phi) is 5.16. The molecule has 0 aliphatic rings. The van der Waals surface area contributed by atoms with E-state index in [1.807, 2.05) is 28.9 Å². The fourth-order valence-electron chi connectivity index (χ4n) is 3.03. The summed E-state index contributed by atoms with van der Waals surface area (Å²) in [5, 5.41) is 18.3. The molecule has 0 saturated carbocycles. The van der Waals surface area contributed by atoms with E-state index < -0.39 is 5.95 Å². The Morgan fingerprint density at radius 3 is 2.68 bits per heavy atom. The normalized spacial score (nSPS) is 11.2. The first-order chi connectivity index (χ1) is 13.7. The van der Waals surface area contributed by atoms with Crippen LogP contribution in [0.1, 0.15) is 31.2 Å². The molecule has 0 aliphatic carbocycles. The third-order valence-corrected chi connectivity index (χ3v) is 4.57. The minimum Gasteiger partial charge on any atom is -0.283 e. The number of aromatic nitrogens is 8. The number of aromatic amines is 1. The van der Waals surface area contributed by atoms with Gasteiger partial charge in [-0.2, -0.15) is 9.60 Å². The number of hydrogen-bond donors (Lipinski definition) is 1. The summed E-state index contributed by atoms with van der Waals surface area (Å²) in [5.41, 5.74) is 2.19. The molecule has 3 heterocycles. The molecule has 10 heteroatoms. The highest BCUT2D eigenvalue weighted by atomic mass is 35.5. The zero-order valence-corrected chi connectivity index (χ0v) is 15.9. The molecule has 144 valence electrons. The Hall–Kier alpha value is -3.07. The average Bonchev–Trinajstić information content (AvgIpc) is 3.41. The van der Waals surface area contributed by atoms with Gasteiger partial charge < -0.3 is 0 Å². The van der Waals surface area contributed by atoms with E-state index >= 15 is 0 Å². The molecule has 1 N–H and O–H groups in total. The molecule has 28 heavy (non-hydrogen) atoms. The molecule has 0 atom stereocenters. The molecule has 0 amide bonds. The van der Waals surface area contributed by atoms with Gasteiger partial charge in [-0.05, 0) is 53.1 Å². The van der Waals surface area contributed by atoms with Gasteiger partial charge in [0.1, 0.15) is 5.82 Å². The third kappa shape index (κ3) is 3.65. The van der Waals surface area contributed by atoms with E-state index in [2.05, 4.69) is 37.6 Å². The Balaban J connectivity index is 1.59. The molecule has 0 aliphatic heterocycles. The van der Waals surface area contributed by atoms with Crippen LogP contribution in [0.5, 0.6) is 0 Å². The molecule has 3 aromatic heterocycles. The maximum Gasteiger partial charge on any atom is 0.242 e. The first-order valence-electron chi connectivity index (χ1n) is 8.95. The Bertz CT molecular complexity index is 1050. The molecule has 1 aromatic carbocycles. The maximum absolute atomic E-state index is 14.3. The van der Waals surface area contributed by atoms with Crippen molar-refractivity contribution in [2.24, 2.45) is 0 Å². The number of hydrogen-bond acceptors (Lipinski definition) is 5. The van der Waals surface area contributed by atoms with E-state index in [0.29, 0.717) is 23.8 Å². The smallest absolute Gasteiger partial charge is 0.242 e. The minimum absolute atomic E-state index is 0.252. The van der Waals surface area contributed by atoms with Gasteiger partial charge in [-0.25, -0.2) is 9.67 Å². The Morgan fingerprint density at radius 2 is 1.96 bits per heavy atom. The number of benzene rings is 1. The molecule has 0 spiro atoms.